The molecule has 2 aromatic heterocycles. The van der Waals surface area contributed by atoms with Crippen molar-refractivity contribution in [3.8, 4) is 0 Å². The van der Waals surface area contributed by atoms with E-state index in [1.54, 1.807) is 0 Å². The molecule has 2 aromatic rings. The van der Waals surface area contributed by atoms with Gasteiger partial charge in [-0.25, -0.2) is 0 Å². The van der Waals surface area contributed by atoms with Crippen LogP contribution in [0.25, 0.3) is 0 Å². The maximum atomic E-state index is 4.43. The van der Waals surface area contributed by atoms with E-state index in [2.05, 4.69) is 49.5 Å². The van der Waals surface area contributed by atoms with Crippen molar-refractivity contribution in [2.75, 3.05) is 6.54 Å². The fourth-order valence-electron chi connectivity index (χ4n) is 1.95. The Morgan fingerprint density at radius 2 is 2.11 bits per heavy atom. The Hall–Kier alpha value is -1.13. The molecule has 2 heterocycles. The van der Waals surface area contributed by atoms with Crippen molar-refractivity contribution in [2.24, 2.45) is 5.92 Å². The highest BCUT2D eigenvalue weighted by Gasteiger charge is 2.03. The molecule has 0 aliphatic rings. The fourth-order valence-corrected chi connectivity index (χ4v) is 2.90. The molecule has 19 heavy (non-hydrogen) atoms. The van der Waals surface area contributed by atoms with E-state index < -0.39 is 0 Å². The molecule has 0 unspecified atom stereocenters. The highest BCUT2D eigenvalue weighted by atomic mass is 32.1. The Morgan fingerprint density at radius 3 is 2.79 bits per heavy atom. The van der Waals surface area contributed by atoms with Crippen LogP contribution >= 0.6 is 11.3 Å². The number of hydrogen-bond acceptors (Lipinski definition) is 3. The van der Waals surface area contributed by atoms with E-state index in [0.717, 1.165) is 26.1 Å². The molecule has 0 fully saturated rings. The summed E-state index contributed by atoms with van der Waals surface area (Å²) in [7, 11) is 0. The van der Waals surface area contributed by atoms with Crippen molar-refractivity contribution in [3.05, 3.63) is 39.8 Å². The lowest BCUT2D eigenvalue weighted by Crippen LogP contribution is -2.18. The molecular weight excluding hydrogens is 254 g/mol. The number of nitrogens with zero attached hydrogens (tertiary/aromatic N) is 2. The lowest BCUT2D eigenvalue weighted by atomic mass is 10.2. The van der Waals surface area contributed by atoms with Gasteiger partial charge in [-0.1, -0.05) is 20.8 Å². The molecule has 104 valence electrons. The number of nitrogens with one attached hydrogen (secondary N) is 1. The summed E-state index contributed by atoms with van der Waals surface area (Å²) in [5.74, 6) is 0.689. The third-order valence-electron chi connectivity index (χ3n) is 2.95. The number of hydrogen-bond donors (Lipinski definition) is 1. The summed E-state index contributed by atoms with van der Waals surface area (Å²) in [6.07, 6.45) is 5.22. The minimum Gasteiger partial charge on any atom is -0.312 e. The van der Waals surface area contributed by atoms with Gasteiger partial charge in [-0.15, -0.1) is 11.3 Å². The number of rotatable bonds is 7. The predicted molar refractivity (Wildman–Crippen MR) is 81.6 cm³/mol. The van der Waals surface area contributed by atoms with Gasteiger partial charge in [-0.2, -0.15) is 5.10 Å². The Morgan fingerprint density at radius 1 is 1.32 bits per heavy atom. The third-order valence-corrected chi connectivity index (χ3v) is 4.17. The van der Waals surface area contributed by atoms with Gasteiger partial charge in [0.15, 0.2) is 0 Å². The summed E-state index contributed by atoms with van der Waals surface area (Å²) in [5, 5.41) is 7.87. The van der Waals surface area contributed by atoms with Crippen LogP contribution in [0.2, 0.25) is 0 Å². The highest BCUT2D eigenvalue weighted by Crippen LogP contribution is 2.17. The van der Waals surface area contributed by atoms with Crippen LogP contribution in [-0.2, 0) is 19.5 Å². The zero-order valence-electron chi connectivity index (χ0n) is 12.0. The molecule has 0 spiro atoms. The van der Waals surface area contributed by atoms with Crippen LogP contribution in [0, 0.1) is 5.92 Å². The van der Waals surface area contributed by atoms with E-state index in [1.165, 1.54) is 15.3 Å². The first-order valence-corrected chi connectivity index (χ1v) is 7.78. The molecule has 2 rings (SSSR count). The van der Waals surface area contributed by atoms with Crippen molar-refractivity contribution in [1.29, 1.82) is 0 Å². The molecular formula is C15H23N3S. The summed E-state index contributed by atoms with van der Waals surface area (Å²) in [5.41, 5.74) is 1.26. The Labute approximate surface area is 119 Å². The minimum absolute atomic E-state index is 0.689. The van der Waals surface area contributed by atoms with Gasteiger partial charge in [0.2, 0.25) is 0 Å². The summed E-state index contributed by atoms with van der Waals surface area (Å²) in [6, 6.07) is 4.43. The molecule has 0 amide bonds. The second-order valence-electron chi connectivity index (χ2n) is 5.29. The molecule has 1 N–H and O–H groups in total. The van der Waals surface area contributed by atoms with Crippen molar-refractivity contribution in [1.82, 2.24) is 15.1 Å². The van der Waals surface area contributed by atoms with E-state index in [0.29, 0.717) is 5.92 Å². The van der Waals surface area contributed by atoms with Gasteiger partial charge in [0, 0.05) is 28.1 Å². The van der Waals surface area contributed by atoms with Gasteiger partial charge in [0.05, 0.1) is 12.7 Å². The SMILES string of the molecule is CCc1ccc(Cn2cc(CNCC(C)C)cn2)s1. The highest BCUT2D eigenvalue weighted by molar-refractivity contribution is 7.11. The van der Waals surface area contributed by atoms with Gasteiger partial charge < -0.3 is 5.32 Å². The van der Waals surface area contributed by atoms with E-state index >= 15 is 0 Å². The number of aromatic nitrogens is 2. The van der Waals surface area contributed by atoms with Gasteiger partial charge in [-0.05, 0) is 31.0 Å². The normalized spacial score (nSPS) is 11.4. The standard InChI is InChI=1S/C15H23N3S/c1-4-14-5-6-15(19-14)11-18-10-13(9-17-18)8-16-7-12(2)3/h5-6,9-10,12,16H,4,7-8,11H2,1-3H3. The number of thiophene rings is 1. The van der Waals surface area contributed by atoms with Crippen LogP contribution in [0.4, 0.5) is 0 Å². The molecule has 0 atom stereocenters. The van der Waals surface area contributed by atoms with E-state index in [4.69, 9.17) is 0 Å². The van der Waals surface area contributed by atoms with Crippen LogP contribution in [0.15, 0.2) is 24.5 Å². The quantitative estimate of drug-likeness (QED) is 0.841. The minimum atomic E-state index is 0.689. The zero-order valence-corrected chi connectivity index (χ0v) is 12.8. The van der Waals surface area contributed by atoms with Crippen LogP contribution in [-0.4, -0.2) is 16.3 Å². The molecule has 0 aliphatic heterocycles. The molecule has 4 heteroatoms. The molecule has 0 saturated carbocycles. The molecule has 0 radical (unpaired) electrons. The molecule has 0 saturated heterocycles. The van der Waals surface area contributed by atoms with Crippen molar-refractivity contribution >= 4 is 11.3 Å². The second-order valence-corrected chi connectivity index (χ2v) is 6.55. The monoisotopic (exact) mass is 277 g/mol. The van der Waals surface area contributed by atoms with Gasteiger partial charge in [0.1, 0.15) is 0 Å². The topological polar surface area (TPSA) is 29.9 Å². The fraction of sp³-hybridized carbons (Fsp3) is 0.533. The Bertz CT molecular complexity index is 499. The lowest BCUT2D eigenvalue weighted by Gasteiger charge is -2.05. The van der Waals surface area contributed by atoms with E-state index in [9.17, 15) is 0 Å². The summed E-state index contributed by atoms with van der Waals surface area (Å²) >= 11 is 1.88. The Kier molecular flexibility index (Phi) is 5.16. The van der Waals surface area contributed by atoms with Crippen LogP contribution in [0.3, 0.4) is 0 Å². The summed E-state index contributed by atoms with van der Waals surface area (Å²) in [4.78, 5) is 2.82. The van der Waals surface area contributed by atoms with Crippen molar-refractivity contribution in [3.63, 3.8) is 0 Å². The van der Waals surface area contributed by atoms with Gasteiger partial charge >= 0.3 is 0 Å². The first kappa shape index (κ1) is 14.3. The first-order valence-electron chi connectivity index (χ1n) is 6.97. The summed E-state index contributed by atoms with van der Waals surface area (Å²) < 4.78 is 2.03. The smallest absolute Gasteiger partial charge is 0.0752 e. The maximum Gasteiger partial charge on any atom is 0.0752 e. The molecule has 0 aromatic carbocycles. The van der Waals surface area contributed by atoms with Crippen molar-refractivity contribution in [2.45, 2.75) is 40.3 Å². The number of aryl methyl sites for hydroxylation is 1. The largest absolute Gasteiger partial charge is 0.312 e. The van der Waals surface area contributed by atoms with Crippen molar-refractivity contribution < 1.29 is 0 Å². The molecule has 0 aliphatic carbocycles. The molecule has 3 nitrogen and oxygen atoms in total. The van der Waals surface area contributed by atoms with E-state index in [-0.39, 0.29) is 0 Å². The average molecular weight is 277 g/mol. The lowest BCUT2D eigenvalue weighted by molar-refractivity contribution is 0.552. The van der Waals surface area contributed by atoms with Gasteiger partial charge in [0.25, 0.3) is 0 Å². The summed E-state index contributed by atoms with van der Waals surface area (Å²) in [6.45, 7) is 9.48. The third kappa shape index (κ3) is 4.48. The van der Waals surface area contributed by atoms with Crippen LogP contribution in [0.5, 0.6) is 0 Å². The van der Waals surface area contributed by atoms with Crippen LogP contribution in [0.1, 0.15) is 36.1 Å². The zero-order chi connectivity index (χ0) is 13.7. The van der Waals surface area contributed by atoms with Gasteiger partial charge in [-0.3, -0.25) is 4.68 Å². The second kappa shape index (κ2) is 6.87. The molecule has 0 bridgehead atoms. The predicted octanol–water partition coefficient (Wildman–Crippen LogP) is 3.30. The first-order chi connectivity index (χ1) is 9.17. The maximum absolute atomic E-state index is 4.43. The average Bonchev–Trinajstić information content (AvgIpc) is 2.99. The van der Waals surface area contributed by atoms with E-state index in [1.807, 2.05) is 22.2 Å². The van der Waals surface area contributed by atoms with Crippen LogP contribution < -0.4 is 5.32 Å². The Balaban J connectivity index is 1.86.